The van der Waals surface area contributed by atoms with Gasteiger partial charge < -0.3 is 10.2 Å². The number of hydrogen-bond acceptors (Lipinski definition) is 3. The Hall–Kier alpha value is -2.80. The molecule has 0 aliphatic carbocycles. The van der Waals surface area contributed by atoms with Crippen LogP contribution in [0.2, 0.25) is 0 Å². The van der Waals surface area contributed by atoms with E-state index in [4.69, 9.17) is 5.26 Å². The number of benzene rings is 2. The summed E-state index contributed by atoms with van der Waals surface area (Å²) in [6.45, 7) is 0. The van der Waals surface area contributed by atoms with E-state index in [0.29, 0.717) is 11.1 Å². The fourth-order valence-electron chi connectivity index (χ4n) is 1.95. The first-order valence-electron chi connectivity index (χ1n) is 6.22. The Morgan fingerprint density at radius 2 is 1.80 bits per heavy atom. The number of nitriles is 1. The van der Waals surface area contributed by atoms with Crippen molar-refractivity contribution in [2.75, 3.05) is 24.3 Å². The molecule has 0 radical (unpaired) electrons. The zero-order valence-electron chi connectivity index (χ0n) is 11.4. The summed E-state index contributed by atoms with van der Waals surface area (Å²) in [6.07, 6.45) is 0. The largest absolute Gasteiger partial charge is 0.387 e. The summed E-state index contributed by atoms with van der Waals surface area (Å²) >= 11 is 0. The van der Waals surface area contributed by atoms with Crippen molar-refractivity contribution in [1.29, 1.82) is 5.26 Å². The summed E-state index contributed by atoms with van der Waals surface area (Å²) in [6, 6.07) is 16.3. The highest BCUT2D eigenvalue weighted by Gasteiger charge is 2.16. The zero-order valence-corrected chi connectivity index (χ0v) is 11.4. The maximum atomic E-state index is 12.5. The van der Waals surface area contributed by atoms with Crippen LogP contribution in [-0.2, 0) is 0 Å². The van der Waals surface area contributed by atoms with Crippen molar-refractivity contribution in [1.82, 2.24) is 0 Å². The molecule has 0 atom stereocenters. The van der Waals surface area contributed by atoms with E-state index >= 15 is 0 Å². The number of hydrogen-bond donors (Lipinski definition) is 1. The van der Waals surface area contributed by atoms with Crippen LogP contribution in [-0.4, -0.2) is 20.0 Å². The number of nitrogens with zero attached hydrogens (tertiary/aromatic N) is 2. The van der Waals surface area contributed by atoms with E-state index in [9.17, 15) is 4.79 Å². The molecule has 0 unspecified atom stereocenters. The second kappa shape index (κ2) is 5.89. The highest BCUT2D eigenvalue weighted by molar-refractivity contribution is 6.09. The van der Waals surface area contributed by atoms with Gasteiger partial charge in [-0.25, -0.2) is 0 Å². The molecule has 20 heavy (non-hydrogen) atoms. The summed E-state index contributed by atoms with van der Waals surface area (Å²) in [5, 5.41) is 11.8. The smallest absolute Gasteiger partial charge is 0.260 e. The van der Waals surface area contributed by atoms with Crippen molar-refractivity contribution < 1.29 is 4.79 Å². The number of para-hydroxylation sites is 1. The van der Waals surface area contributed by atoms with Crippen molar-refractivity contribution >= 4 is 17.3 Å². The van der Waals surface area contributed by atoms with Gasteiger partial charge in [-0.3, -0.25) is 4.79 Å². The molecule has 0 heterocycles. The van der Waals surface area contributed by atoms with Gasteiger partial charge in [-0.15, -0.1) is 0 Å². The van der Waals surface area contributed by atoms with Crippen molar-refractivity contribution in [2.45, 2.75) is 0 Å². The Morgan fingerprint density at radius 3 is 2.40 bits per heavy atom. The second-order valence-electron chi connectivity index (χ2n) is 4.32. The topological polar surface area (TPSA) is 56.1 Å². The molecular formula is C16H15N3O. The molecule has 2 aromatic carbocycles. The first kappa shape index (κ1) is 13.6. The number of anilines is 2. The van der Waals surface area contributed by atoms with Crippen molar-refractivity contribution in [3.8, 4) is 6.07 Å². The van der Waals surface area contributed by atoms with Crippen LogP contribution < -0.4 is 10.2 Å². The van der Waals surface area contributed by atoms with Gasteiger partial charge in [-0.05, 0) is 36.4 Å². The second-order valence-corrected chi connectivity index (χ2v) is 4.32. The minimum atomic E-state index is -0.0975. The fourth-order valence-corrected chi connectivity index (χ4v) is 1.95. The number of carbonyl (C=O) groups is 1. The highest BCUT2D eigenvalue weighted by Crippen LogP contribution is 2.20. The summed E-state index contributed by atoms with van der Waals surface area (Å²) < 4.78 is 0. The standard InChI is InChI=1S/C16H15N3O/c1-18-15-6-4-3-5-14(15)16(20)19(2)13-9-7-12(11-17)8-10-13/h3-10,18H,1-2H3. The molecular weight excluding hydrogens is 250 g/mol. The van der Waals surface area contributed by atoms with Gasteiger partial charge in [0.25, 0.3) is 5.91 Å². The normalized spacial score (nSPS) is 9.65. The van der Waals surface area contributed by atoms with Gasteiger partial charge >= 0.3 is 0 Å². The van der Waals surface area contributed by atoms with E-state index in [1.54, 1.807) is 49.3 Å². The molecule has 0 aromatic heterocycles. The Labute approximate surface area is 118 Å². The van der Waals surface area contributed by atoms with Gasteiger partial charge in [0.1, 0.15) is 0 Å². The van der Waals surface area contributed by atoms with Crippen molar-refractivity contribution in [3.05, 3.63) is 59.7 Å². The van der Waals surface area contributed by atoms with Crippen LogP contribution in [0.3, 0.4) is 0 Å². The predicted molar refractivity (Wildman–Crippen MR) is 79.9 cm³/mol. The third-order valence-corrected chi connectivity index (χ3v) is 3.12. The lowest BCUT2D eigenvalue weighted by molar-refractivity contribution is 0.0994. The van der Waals surface area contributed by atoms with Crippen LogP contribution in [0.5, 0.6) is 0 Å². The molecule has 1 amide bonds. The van der Waals surface area contributed by atoms with Gasteiger partial charge in [0, 0.05) is 25.5 Å². The molecule has 2 rings (SSSR count). The molecule has 0 aliphatic rings. The van der Waals surface area contributed by atoms with Crippen LogP contribution in [0.25, 0.3) is 0 Å². The summed E-state index contributed by atoms with van der Waals surface area (Å²) in [7, 11) is 3.50. The highest BCUT2D eigenvalue weighted by atomic mass is 16.2. The molecule has 0 aliphatic heterocycles. The quantitative estimate of drug-likeness (QED) is 0.928. The predicted octanol–water partition coefficient (Wildman–Crippen LogP) is 2.88. The molecule has 4 nitrogen and oxygen atoms in total. The van der Waals surface area contributed by atoms with Crippen molar-refractivity contribution in [2.24, 2.45) is 0 Å². The molecule has 0 fully saturated rings. The molecule has 0 bridgehead atoms. The molecule has 0 spiro atoms. The Balaban J connectivity index is 2.30. The number of carbonyl (C=O) groups excluding carboxylic acids is 1. The fraction of sp³-hybridized carbons (Fsp3) is 0.125. The van der Waals surface area contributed by atoms with Gasteiger partial charge in [0.2, 0.25) is 0 Å². The van der Waals surface area contributed by atoms with Crippen LogP contribution in [0.1, 0.15) is 15.9 Å². The average Bonchev–Trinajstić information content (AvgIpc) is 2.53. The van der Waals surface area contributed by atoms with E-state index in [0.717, 1.165) is 11.4 Å². The van der Waals surface area contributed by atoms with Gasteiger partial charge in [0.05, 0.1) is 17.2 Å². The van der Waals surface area contributed by atoms with Gasteiger partial charge in [-0.2, -0.15) is 5.26 Å². The zero-order chi connectivity index (χ0) is 14.5. The van der Waals surface area contributed by atoms with E-state index < -0.39 is 0 Å². The van der Waals surface area contributed by atoms with Crippen LogP contribution in [0.15, 0.2) is 48.5 Å². The minimum absolute atomic E-state index is 0.0975. The van der Waals surface area contributed by atoms with Crippen LogP contribution in [0, 0.1) is 11.3 Å². The third-order valence-electron chi connectivity index (χ3n) is 3.12. The number of rotatable bonds is 3. The third kappa shape index (κ3) is 2.62. The molecule has 0 saturated carbocycles. The number of amides is 1. The minimum Gasteiger partial charge on any atom is -0.387 e. The SMILES string of the molecule is CNc1ccccc1C(=O)N(C)c1ccc(C#N)cc1. The first-order valence-corrected chi connectivity index (χ1v) is 6.22. The van der Waals surface area contributed by atoms with E-state index in [-0.39, 0.29) is 5.91 Å². The lowest BCUT2D eigenvalue weighted by Gasteiger charge is -2.19. The Kier molecular flexibility index (Phi) is 4.02. The Morgan fingerprint density at radius 1 is 1.15 bits per heavy atom. The molecule has 2 aromatic rings. The lowest BCUT2D eigenvalue weighted by atomic mass is 10.1. The summed E-state index contributed by atoms with van der Waals surface area (Å²) in [5.41, 5.74) is 2.73. The molecule has 100 valence electrons. The van der Waals surface area contributed by atoms with Gasteiger partial charge in [-0.1, -0.05) is 12.1 Å². The molecule has 4 heteroatoms. The molecule has 1 N–H and O–H groups in total. The average molecular weight is 265 g/mol. The summed E-state index contributed by atoms with van der Waals surface area (Å²) in [5.74, 6) is -0.0975. The van der Waals surface area contributed by atoms with E-state index in [1.165, 1.54) is 0 Å². The van der Waals surface area contributed by atoms with Crippen molar-refractivity contribution in [3.63, 3.8) is 0 Å². The first-order chi connectivity index (χ1) is 9.67. The van der Waals surface area contributed by atoms with Gasteiger partial charge in [0.15, 0.2) is 0 Å². The maximum Gasteiger partial charge on any atom is 0.260 e. The maximum absolute atomic E-state index is 12.5. The van der Waals surface area contributed by atoms with Crippen LogP contribution in [0.4, 0.5) is 11.4 Å². The summed E-state index contributed by atoms with van der Waals surface area (Å²) in [4.78, 5) is 14.1. The van der Waals surface area contributed by atoms with E-state index in [1.807, 2.05) is 18.2 Å². The lowest BCUT2D eigenvalue weighted by Crippen LogP contribution is -2.26. The van der Waals surface area contributed by atoms with E-state index in [2.05, 4.69) is 11.4 Å². The van der Waals surface area contributed by atoms with Crippen LogP contribution >= 0.6 is 0 Å². The monoisotopic (exact) mass is 265 g/mol. The Bertz CT molecular complexity index is 656. The molecule has 0 saturated heterocycles. The number of nitrogens with one attached hydrogen (secondary N) is 1.